The van der Waals surface area contributed by atoms with Gasteiger partial charge in [0.1, 0.15) is 5.76 Å². The fourth-order valence-corrected chi connectivity index (χ4v) is 1.89. The fraction of sp³-hybridized carbons (Fsp3) is 0.462. The van der Waals surface area contributed by atoms with Gasteiger partial charge in [0.25, 0.3) is 0 Å². The van der Waals surface area contributed by atoms with Crippen LogP contribution in [0.2, 0.25) is 0 Å². The van der Waals surface area contributed by atoms with Crippen molar-refractivity contribution in [2.45, 2.75) is 25.3 Å². The van der Waals surface area contributed by atoms with Gasteiger partial charge in [0.15, 0.2) is 0 Å². The second kappa shape index (κ2) is 5.66. The molecule has 1 aromatic heterocycles. The highest BCUT2D eigenvalue weighted by molar-refractivity contribution is 5.12. The Bertz CT molecular complexity index is 348. The average molecular weight is 218 g/mol. The highest BCUT2D eigenvalue weighted by Crippen LogP contribution is 2.16. The second-order valence-corrected chi connectivity index (χ2v) is 3.96. The highest BCUT2D eigenvalue weighted by atomic mass is 16.5. The molecule has 16 heavy (non-hydrogen) atoms. The minimum Gasteiger partial charge on any atom is -0.497 e. The van der Waals surface area contributed by atoms with Crippen LogP contribution in [0, 0.1) is 0 Å². The van der Waals surface area contributed by atoms with Crippen molar-refractivity contribution in [2.24, 2.45) is 0 Å². The minimum atomic E-state index is 0.246. The van der Waals surface area contributed by atoms with Crippen molar-refractivity contribution in [3.63, 3.8) is 0 Å². The molecule has 1 atom stereocenters. The van der Waals surface area contributed by atoms with Crippen LogP contribution in [0.5, 0.6) is 0 Å². The Balaban J connectivity index is 2.03. The summed E-state index contributed by atoms with van der Waals surface area (Å²) in [4.78, 5) is 4.34. The number of ether oxygens (including phenoxy) is 1. The number of hydrogen-bond acceptors (Lipinski definition) is 3. The van der Waals surface area contributed by atoms with E-state index in [9.17, 15) is 0 Å². The van der Waals surface area contributed by atoms with Crippen LogP contribution in [-0.4, -0.2) is 24.7 Å². The molecule has 3 heteroatoms. The maximum atomic E-state index is 5.67. The third-order valence-electron chi connectivity index (χ3n) is 2.79. The van der Waals surface area contributed by atoms with Gasteiger partial charge in [-0.15, -0.1) is 0 Å². The number of nitrogens with zero attached hydrogens (tertiary/aromatic N) is 1. The standard InChI is InChI=1S/C13H18N2O/c1-14-12(13-7-3-5-9-16-13)10-11-6-2-4-8-15-11/h2,4,6-8,12,14H,3,5,9-10H2,1H3. The van der Waals surface area contributed by atoms with Crippen LogP contribution in [0.4, 0.5) is 0 Å². The van der Waals surface area contributed by atoms with Gasteiger partial charge in [-0.3, -0.25) is 4.98 Å². The van der Waals surface area contributed by atoms with E-state index < -0.39 is 0 Å². The molecule has 1 aromatic rings. The van der Waals surface area contributed by atoms with Gasteiger partial charge >= 0.3 is 0 Å². The predicted molar refractivity (Wildman–Crippen MR) is 64.1 cm³/mol. The van der Waals surface area contributed by atoms with E-state index in [0.29, 0.717) is 0 Å². The summed E-state index contributed by atoms with van der Waals surface area (Å²) in [7, 11) is 1.96. The first-order valence-electron chi connectivity index (χ1n) is 5.80. The molecule has 1 aliphatic heterocycles. The van der Waals surface area contributed by atoms with Crippen molar-refractivity contribution in [2.75, 3.05) is 13.7 Å². The summed E-state index contributed by atoms with van der Waals surface area (Å²) < 4.78 is 5.67. The van der Waals surface area contributed by atoms with E-state index in [-0.39, 0.29) is 6.04 Å². The summed E-state index contributed by atoms with van der Waals surface area (Å²) in [6, 6.07) is 6.25. The van der Waals surface area contributed by atoms with Crippen molar-refractivity contribution in [1.82, 2.24) is 10.3 Å². The molecule has 0 aliphatic carbocycles. The zero-order valence-electron chi connectivity index (χ0n) is 9.65. The molecule has 0 radical (unpaired) electrons. The lowest BCUT2D eigenvalue weighted by Crippen LogP contribution is -2.32. The largest absolute Gasteiger partial charge is 0.497 e. The molecule has 0 fully saturated rings. The Kier molecular flexibility index (Phi) is 3.94. The zero-order chi connectivity index (χ0) is 11.2. The molecule has 0 spiro atoms. The third-order valence-corrected chi connectivity index (χ3v) is 2.79. The van der Waals surface area contributed by atoms with E-state index in [0.717, 1.165) is 37.3 Å². The molecule has 86 valence electrons. The second-order valence-electron chi connectivity index (χ2n) is 3.96. The van der Waals surface area contributed by atoms with Crippen molar-refractivity contribution in [1.29, 1.82) is 0 Å². The van der Waals surface area contributed by atoms with Gasteiger partial charge in [0, 0.05) is 18.3 Å². The Morgan fingerprint density at radius 2 is 2.44 bits per heavy atom. The Morgan fingerprint density at radius 3 is 3.06 bits per heavy atom. The Hall–Kier alpha value is -1.35. The molecule has 1 unspecified atom stereocenters. The normalized spacial score (nSPS) is 17.4. The molecule has 0 aromatic carbocycles. The number of nitrogens with one attached hydrogen (secondary N) is 1. The van der Waals surface area contributed by atoms with E-state index >= 15 is 0 Å². The number of hydrogen-bond donors (Lipinski definition) is 1. The van der Waals surface area contributed by atoms with Gasteiger partial charge in [0.05, 0.1) is 12.6 Å². The van der Waals surface area contributed by atoms with Gasteiger partial charge in [0.2, 0.25) is 0 Å². The first-order chi connectivity index (χ1) is 7.90. The molecule has 2 rings (SSSR count). The van der Waals surface area contributed by atoms with Crippen LogP contribution in [0.25, 0.3) is 0 Å². The maximum absolute atomic E-state index is 5.67. The lowest BCUT2D eigenvalue weighted by atomic mass is 10.1. The first kappa shape index (κ1) is 11.1. The van der Waals surface area contributed by atoms with Crippen molar-refractivity contribution in [3.05, 3.63) is 41.9 Å². The minimum absolute atomic E-state index is 0.246. The third kappa shape index (κ3) is 2.83. The van der Waals surface area contributed by atoms with Crippen LogP contribution < -0.4 is 5.32 Å². The maximum Gasteiger partial charge on any atom is 0.109 e. The van der Waals surface area contributed by atoms with Crippen molar-refractivity contribution >= 4 is 0 Å². The van der Waals surface area contributed by atoms with E-state index in [4.69, 9.17) is 4.74 Å². The molecule has 1 aliphatic rings. The van der Waals surface area contributed by atoms with Crippen LogP contribution in [-0.2, 0) is 11.2 Å². The first-order valence-corrected chi connectivity index (χ1v) is 5.80. The summed E-state index contributed by atoms with van der Waals surface area (Å²) >= 11 is 0. The number of likely N-dealkylation sites (N-methyl/N-ethyl adjacent to an activating group) is 1. The highest BCUT2D eigenvalue weighted by Gasteiger charge is 2.16. The molecule has 2 heterocycles. The topological polar surface area (TPSA) is 34.2 Å². The molecule has 0 amide bonds. The van der Waals surface area contributed by atoms with Crippen LogP contribution in [0.1, 0.15) is 18.5 Å². The average Bonchev–Trinajstić information content (AvgIpc) is 2.38. The van der Waals surface area contributed by atoms with E-state index in [2.05, 4.69) is 16.4 Å². The summed E-state index contributed by atoms with van der Waals surface area (Å²) in [6.45, 7) is 0.840. The van der Waals surface area contributed by atoms with Gasteiger partial charge in [-0.05, 0) is 38.1 Å². The zero-order valence-corrected chi connectivity index (χ0v) is 9.65. The summed E-state index contributed by atoms with van der Waals surface area (Å²) in [5.74, 6) is 1.07. The number of allylic oxidation sites excluding steroid dienone is 1. The van der Waals surface area contributed by atoms with Crippen molar-refractivity contribution < 1.29 is 4.74 Å². The quantitative estimate of drug-likeness (QED) is 0.838. The molecule has 1 N–H and O–H groups in total. The molecule has 0 saturated carbocycles. The van der Waals surface area contributed by atoms with E-state index in [1.807, 2.05) is 31.4 Å². The monoisotopic (exact) mass is 218 g/mol. The molecular formula is C13H18N2O. The lowest BCUT2D eigenvalue weighted by Gasteiger charge is -2.23. The predicted octanol–water partition coefficient (Wildman–Crippen LogP) is 1.91. The van der Waals surface area contributed by atoms with Gasteiger partial charge in [-0.1, -0.05) is 6.07 Å². The lowest BCUT2D eigenvalue weighted by molar-refractivity contribution is 0.169. The van der Waals surface area contributed by atoms with E-state index in [1.165, 1.54) is 0 Å². The molecule has 0 saturated heterocycles. The Labute approximate surface area is 96.5 Å². The summed E-state index contributed by atoms with van der Waals surface area (Å²) in [6.07, 6.45) is 7.15. The SMILES string of the molecule is CNC(Cc1ccccn1)C1=CCCCO1. The van der Waals surface area contributed by atoms with Crippen molar-refractivity contribution in [3.8, 4) is 0 Å². The van der Waals surface area contributed by atoms with Crippen LogP contribution >= 0.6 is 0 Å². The summed E-state index contributed by atoms with van der Waals surface area (Å²) in [5, 5.41) is 3.29. The van der Waals surface area contributed by atoms with Gasteiger partial charge < -0.3 is 10.1 Å². The summed E-state index contributed by atoms with van der Waals surface area (Å²) in [5.41, 5.74) is 1.09. The smallest absolute Gasteiger partial charge is 0.109 e. The van der Waals surface area contributed by atoms with Crippen LogP contribution in [0.3, 0.4) is 0 Å². The Morgan fingerprint density at radius 1 is 1.50 bits per heavy atom. The fourth-order valence-electron chi connectivity index (χ4n) is 1.89. The number of rotatable bonds is 4. The number of aromatic nitrogens is 1. The van der Waals surface area contributed by atoms with E-state index in [1.54, 1.807) is 0 Å². The number of pyridine rings is 1. The molecule has 3 nitrogen and oxygen atoms in total. The molecular weight excluding hydrogens is 200 g/mol. The van der Waals surface area contributed by atoms with Gasteiger partial charge in [-0.25, -0.2) is 0 Å². The van der Waals surface area contributed by atoms with Crippen LogP contribution in [0.15, 0.2) is 36.2 Å². The van der Waals surface area contributed by atoms with Gasteiger partial charge in [-0.2, -0.15) is 0 Å². The molecule has 0 bridgehead atoms.